The van der Waals surface area contributed by atoms with Crippen LogP contribution in [0.5, 0.6) is 0 Å². The minimum absolute atomic E-state index is 0.345. The first kappa shape index (κ1) is 28.4. The molecule has 0 spiro atoms. The predicted octanol–water partition coefficient (Wildman–Crippen LogP) is 6.73. The number of hydrogen-bond acceptors (Lipinski definition) is 4. The fourth-order valence-corrected chi connectivity index (χ4v) is 3.08. The van der Waals surface area contributed by atoms with Crippen molar-refractivity contribution in [1.82, 2.24) is 15.4 Å². The van der Waals surface area contributed by atoms with E-state index in [2.05, 4.69) is 22.3 Å². The monoisotopic (exact) mass is 437 g/mol. The Balaban J connectivity index is 0.000000562. The van der Waals surface area contributed by atoms with E-state index in [4.69, 9.17) is 20.1 Å². The normalized spacial score (nSPS) is 9.97. The number of H-pyrrole nitrogens is 1. The van der Waals surface area contributed by atoms with Crippen LogP contribution in [0, 0.1) is 0 Å². The number of carboxylic acids is 1. The molecule has 0 saturated carbocycles. The Morgan fingerprint density at radius 2 is 1.06 bits per heavy atom. The van der Waals surface area contributed by atoms with Gasteiger partial charge in [-0.2, -0.15) is 15.4 Å². The van der Waals surface area contributed by atoms with Gasteiger partial charge in [0.25, 0.3) is 0 Å². The van der Waals surface area contributed by atoms with Crippen LogP contribution >= 0.6 is 0 Å². The van der Waals surface area contributed by atoms with Gasteiger partial charge < -0.3 is 15.3 Å². The van der Waals surface area contributed by atoms with E-state index in [1.165, 1.54) is 70.6 Å². The van der Waals surface area contributed by atoms with Gasteiger partial charge in [0.1, 0.15) is 11.0 Å². The highest BCUT2D eigenvalue weighted by atomic mass is 16.6. The number of carboxylic acid groups (broad SMARTS) is 3. The van der Waals surface area contributed by atoms with E-state index in [9.17, 15) is 4.79 Å². The topological polar surface area (TPSA) is 136 Å². The minimum atomic E-state index is -1.83. The van der Waals surface area contributed by atoms with Crippen molar-refractivity contribution in [3.05, 3.63) is 24.3 Å². The van der Waals surface area contributed by atoms with Crippen molar-refractivity contribution in [2.75, 3.05) is 0 Å². The average molecular weight is 438 g/mol. The number of aliphatic carboxylic acids is 1. The minimum Gasteiger partial charge on any atom is -0.481 e. The highest BCUT2D eigenvalue weighted by molar-refractivity contribution is 5.72. The lowest BCUT2D eigenvalue weighted by Crippen LogP contribution is -1.93. The number of carbonyl (C=O) groups is 2. The quantitative estimate of drug-likeness (QED) is 0.240. The SMILES string of the molecule is CCCCCCCCCCCCCCCC(=O)O.O=C(O)O.c1ccc2n[nH]nc2c1. The predicted molar refractivity (Wildman–Crippen MR) is 122 cm³/mol. The maximum atomic E-state index is 10.3. The molecule has 0 aliphatic rings. The Kier molecular flexibility index (Phi) is 18.9. The summed E-state index contributed by atoms with van der Waals surface area (Å²) in [7, 11) is 0. The molecule has 1 aromatic heterocycles. The van der Waals surface area contributed by atoms with Gasteiger partial charge in [-0.25, -0.2) is 4.79 Å². The van der Waals surface area contributed by atoms with Gasteiger partial charge in [-0.3, -0.25) is 4.79 Å². The molecule has 0 aliphatic heterocycles. The number of unbranched alkanes of at least 4 members (excludes halogenated alkanes) is 12. The van der Waals surface area contributed by atoms with E-state index in [0.717, 1.165) is 23.9 Å². The van der Waals surface area contributed by atoms with E-state index in [-0.39, 0.29) is 0 Å². The van der Waals surface area contributed by atoms with Crippen LogP contribution in [0.3, 0.4) is 0 Å². The summed E-state index contributed by atoms with van der Waals surface area (Å²) in [4.78, 5) is 18.9. The average Bonchev–Trinajstić information content (AvgIpc) is 3.20. The largest absolute Gasteiger partial charge is 0.503 e. The van der Waals surface area contributed by atoms with E-state index in [1.807, 2.05) is 24.3 Å². The Morgan fingerprint density at radius 1 is 0.710 bits per heavy atom. The lowest BCUT2D eigenvalue weighted by Gasteiger charge is -2.02. The molecule has 0 unspecified atom stereocenters. The standard InChI is InChI=1S/C16H32O2.C6H5N3.CH2O3/c1-2-3-4-5-6-7-8-9-10-11-12-13-14-15-16(17)18;1-2-4-6-5(3-1)7-9-8-6;2-1(3)4/h2-15H2,1H3,(H,17,18);1-4H,(H,7,8,9);(H2,2,3,4). The zero-order chi connectivity index (χ0) is 23.2. The van der Waals surface area contributed by atoms with Crippen molar-refractivity contribution in [2.24, 2.45) is 0 Å². The van der Waals surface area contributed by atoms with Crippen molar-refractivity contribution in [2.45, 2.75) is 96.8 Å². The fourth-order valence-electron chi connectivity index (χ4n) is 3.08. The van der Waals surface area contributed by atoms with Gasteiger partial charge in [-0.05, 0) is 18.6 Å². The van der Waals surface area contributed by atoms with Crippen LogP contribution in [0.1, 0.15) is 96.8 Å². The van der Waals surface area contributed by atoms with Gasteiger partial charge in [-0.1, -0.05) is 96.1 Å². The summed E-state index contributed by atoms with van der Waals surface area (Å²) in [6, 6.07) is 7.70. The van der Waals surface area contributed by atoms with E-state index in [1.54, 1.807) is 0 Å². The Morgan fingerprint density at radius 3 is 1.42 bits per heavy atom. The summed E-state index contributed by atoms with van der Waals surface area (Å²) in [5.41, 5.74) is 1.83. The molecule has 0 atom stereocenters. The zero-order valence-electron chi connectivity index (χ0n) is 18.8. The molecule has 1 heterocycles. The van der Waals surface area contributed by atoms with Gasteiger partial charge in [-0.15, -0.1) is 0 Å². The van der Waals surface area contributed by atoms with E-state index >= 15 is 0 Å². The molecule has 8 heteroatoms. The third-order valence-corrected chi connectivity index (χ3v) is 4.72. The van der Waals surface area contributed by atoms with Gasteiger partial charge in [0.15, 0.2) is 0 Å². The van der Waals surface area contributed by atoms with Crippen molar-refractivity contribution >= 4 is 23.2 Å². The van der Waals surface area contributed by atoms with Crippen LogP contribution in [-0.4, -0.2) is 42.9 Å². The summed E-state index contributed by atoms with van der Waals surface area (Å²) >= 11 is 0. The van der Waals surface area contributed by atoms with Crippen molar-refractivity contribution in [1.29, 1.82) is 0 Å². The number of rotatable bonds is 14. The van der Waals surface area contributed by atoms with Crippen LogP contribution in [0.4, 0.5) is 4.79 Å². The summed E-state index contributed by atoms with van der Waals surface area (Å²) in [5, 5.41) is 32.7. The van der Waals surface area contributed by atoms with Crippen molar-refractivity contribution < 1.29 is 24.9 Å². The maximum Gasteiger partial charge on any atom is 0.503 e. The van der Waals surface area contributed by atoms with Crippen LogP contribution in [0.15, 0.2) is 24.3 Å². The number of nitrogens with zero attached hydrogens (tertiary/aromatic N) is 2. The van der Waals surface area contributed by atoms with Gasteiger partial charge in [0.05, 0.1) is 0 Å². The number of para-hydroxylation sites is 2. The number of aromatic nitrogens is 3. The Labute approximate surface area is 185 Å². The Bertz CT molecular complexity index is 656. The van der Waals surface area contributed by atoms with Gasteiger partial charge in [0, 0.05) is 6.42 Å². The number of fused-ring (bicyclic) bond motifs is 1. The summed E-state index contributed by atoms with van der Waals surface area (Å²) < 4.78 is 0. The molecular formula is C23H39N3O5. The number of nitrogens with one attached hydrogen (secondary N) is 1. The molecule has 0 saturated heterocycles. The van der Waals surface area contributed by atoms with Crippen molar-refractivity contribution in [3.8, 4) is 0 Å². The van der Waals surface area contributed by atoms with Crippen LogP contribution in [-0.2, 0) is 4.79 Å². The lowest BCUT2D eigenvalue weighted by molar-refractivity contribution is -0.137. The van der Waals surface area contributed by atoms with Gasteiger partial charge in [0.2, 0.25) is 0 Å². The second kappa shape index (κ2) is 20.6. The number of hydrogen-bond donors (Lipinski definition) is 4. The molecule has 2 aromatic rings. The zero-order valence-corrected chi connectivity index (χ0v) is 18.8. The molecule has 4 N–H and O–H groups in total. The summed E-state index contributed by atoms with van der Waals surface area (Å²) in [6.07, 6.45) is 15.4. The third-order valence-electron chi connectivity index (χ3n) is 4.72. The first-order valence-electron chi connectivity index (χ1n) is 11.4. The summed E-state index contributed by atoms with van der Waals surface area (Å²) in [6.45, 7) is 2.26. The van der Waals surface area contributed by atoms with Crippen LogP contribution in [0.25, 0.3) is 11.0 Å². The molecule has 0 fully saturated rings. The molecule has 0 bridgehead atoms. The maximum absolute atomic E-state index is 10.3. The summed E-state index contributed by atoms with van der Waals surface area (Å²) in [5.74, 6) is -0.655. The first-order chi connectivity index (χ1) is 15.0. The van der Waals surface area contributed by atoms with Crippen molar-refractivity contribution in [3.63, 3.8) is 0 Å². The van der Waals surface area contributed by atoms with E-state index in [0.29, 0.717) is 6.42 Å². The molecule has 1 aromatic carbocycles. The van der Waals surface area contributed by atoms with Crippen LogP contribution < -0.4 is 0 Å². The lowest BCUT2D eigenvalue weighted by atomic mass is 10.0. The first-order valence-corrected chi connectivity index (χ1v) is 11.4. The Hall–Kier alpha value is -2.64. The fraction of sp³-hybridized carbons (Fsp3) is 0.652. The second-order valence-corrected chi connectivity index (χ2v) is 7.48. The molecule has 0 amide bonds. The molecule has 2 rings (SSSR count). The molecular weight excluding hydrogens is 398 g/mol. The number of benzene rings is 1. The van der Waals surface area contributed by atoms with E-state index < -0.39 is 12.1 Å². The molecule has 0 radical (unpaired) electrons. The third kappa shape index (κ3) is 20.4. The number of aromatic amines is 1. The second-order valence-electron chi connectivity index (χ2n) is 7.48. The highest BCUT2D eigenvalue weighted by Gasteiger charge is 1.97. The molecule has 0 aliphatic carbocycles. The smallest absolute Gasteiger partial charge is 0.481 e. The van der Waals surface area contributed by atoms with Gasteiger partial charge >= 0.3 is 12.1 Å². The highest BCUT2D eigenvalue weighted by Crippen LogP contribution is 2.12. The molecule has 176 valence electrons. The van der Waals surface area contributed by atoms with Crippen LogP contribution in [0.2, 0.25) is 0 Å². The molecule has 8 nitrogen and oxygen atoms in total. The molecule has 31 heavy (non-hydrogen) atoms.